The Labute approximate surface area is 171 Å². The average molecular weight is 393 g/mol. The fraction of sp³-hybridized carbons (Fsp3) is 0.348. The van der Waals surface area contributed by atoms with Gasteiger partial charge in [0.2, 0.25) is 0 Å². The van der Waals surface area contributed by atoms with Gasteiger partial charge in [-0.3, -0.25) is 0 Å². The van der Waals surface area contributed by atoms with Gasteiger partial charge < -0.3 is 24.8 Å². The fourth-order valence-electron chi connectivity index (χ4n) is 3.76. The molecular formula is C23H28N4O2. The number of amides is 2. The molecule has 1 saturated heterocycles. The summed E-state index contributed by atoms with van der Waals surface area (Å²) in [6.07, 6.45) is 2.83. The molecular weight excluding hydrogens is 364 g/mol. The van der Waals surface area contributed by atoms with Gasteiger partial charge in [-0.15, -0.1) is 0 Å². The lowest BCUT2D eigenvalue weighted by Crippen LogP contribution is -2.38. The number of ether oxygens (including phenoxy) is 1. The second-order valence-corrected chi connectivity index (χ2v) is 7.46. The zero-order valence-corrected chi connectivity index (χ0v) is 16.9. The molecule has 2 N–H and O–H groups in total. The smallest absolute Gasteiger partial charge is 0.317 e. The molecule has 3 aromatic rings. The molecule has 0 bridgehead atoms. The lowest BCUT2D eigenvalue weighted by molar-refractivity contribution is 0.122. The molecule has 1 aliphatic rings. The summed E-state index contributed by atoms with van der Waals surface area (Å²) < 4.78 is 5.41. The Hall–Kier alpha value is -2.99. The van der Waals surface area contributed by atoms with Crippen LogP contribution in [0.5, 0.6) is 0 Å². The van der Waals surface area contributed by atoms with Crippen LogP contribution in [0, 0.1) is 0 Å². The number of benzene rings is 2. The molecule has 6 heteroatoms. The number of aromatic amines is 1. The van der Waals surface area contributed by atoms with Crippen molar-refractivity contribution in [3.8, 4) is 0 Å². The zero-order chi connectivity index (χ0) is 20.1. The van der Waals surface area contributed by atoms with Crippen molar-refractivity contribution in [2.75, 3.05) is 44.8 Å². The van der Waals surface area contributed by atoms with E-state index in [1.807, 2.05) is 25.4 Å². The highest BCUT2D eigenvalue weighted by molar-refractivity contribution is 5.83. The number of urea groups is 1. The highest BCUT2D eigenvalue weighted by Gasteiger charge is 2.12. The van der Waals surface area contributed by atoms with Gasteiger partial charge in [-0.05, 0) is 35.7 Å². The third kappa shape index (κ3) is 4.71. The van der Waals surface area contributed by atoms with Gasteiger partial charge in [0.1, 0.15) is 0 Å². The maximum atomic E-state index is 12.4. The van der Waals surface area contributed by atoms with Crippen LogP contribution in [0.2, 0.25) is 0 Å². The van der Waals surface area contributed by atoms with E-state index in [1.165, 1.54) is 16.6 Å². The van der Waals surface area contributed by atoms with Gasteiger partial charge in [-0.2, -0.15) is 0 Å². The molecule has 4 rings (SSSR count). The van der Waals surface area contributed by atoms with Crippen molar-refractivity contribution < 1.29 is 9.53 Å². The van der Waals surface area contributed by atoms with Crippen molar-refractivity contribution in [1.82, 2.24) is 15.2 Å². The monoisotopic (exact) mass is 392 g/mol. The summed E-state index contributed by atoms with van der Waals surface area (Å²) in [5.41, 5.74) is 4.69. The zero-order valence-electron chi connectivity index (χ0n) is 16.9. The van der Waals surface area contributed by atoms with E-state index < -0.39 is 0 Å². The number of rotatable bonds is 6. The Balaban J connectivity index is 1.25. The van der Waals surface area contributed by atoms with E-state index in [9.17, 15) is 4.79 Å². The SMILES string of the molecule is CN(Cc1ccc(N2CCOCC2)cc1)C(=O)NCCc1c[nH]c2ccccc12. The topological polar surface area (TPSA) is 60.6 Å². The predicted molar refractivity (Wildman–Crippen MR) is 116 cm³/mol. The predicted octanol–water partition coefficient (Wildman–Crippen LogP) is 3.39. The molecule has 2 heterocycles. The molecule has 0 atom stereocenters. The van der Waals surface area contributed by atoms with Crippen molar-refractivity contribution in [2.24, 2.45) is 0 Å². The number of fused-ring (bicyclic) bond motifs is 1. The Morgan fingerprint density at radius 2 is 1.90 bits per heavy atom. The van der Waals surface area contributed by atoms with E-state index >= 15 is 0 Å². The second-order valence-electron chi connectivity index (χ2n) is 7.46. The Morgan fingerprint density at radius 3 is 2.69 bits per heavy atom. The van der Waals surface area contributed by atoms with E-state index in [4.69, 9.17) is 4.74 Å². The summed E-state index contributed by atoms with van der Waals surface area (Å²) in [4.78, 5) is 19.8. The molecule has 2 amide bonds. The highest BCUT2D eigenvalue weighted by atomic mass is 16.5. The van der Waals surface area contributed by atoms with Crippen molar-refractivity contribution in [3.05, 3.63) is 65.9 Å². The van der Waals surface area contributed by atoms with E-state index in [0.29, 0.717) is 13.1 Å². The van der Waals surface area contributed by atoms with Gasteiger partial charge in [0, 0.05) is 56.0 Å². The molecule has 0 saturated carbocycles. The molecule has 29 heavy (non-hydrogen) atoms. The molecule has 0 unspecified atom stereocenters. The number of hydrogen-bond donors (Lipinski definition) is 2. The average Bonchev–Trinajstić information content (AvgIpc) is 3.18. The Kier molecular flexibility index (Phi) is 6.00. The van der Waals surface area contributed by atoms with E-state index in [2.05, 4.69) is 51.6 Å². The summed E-state index contributed by atoms with van der Waals surface area (Å²) in [6, 6.07) is 16.6. The molecule has 2 aromatic carbocycles. The highest BCUT2D eigenvalue weighted by Crippen LogP contribution is 2.18. The van der Waals surface area contributed by atoms with Crippen molar-refractivity contribution in [2.45, 2.75) is 13.0 Å². The minimum Gasteiger partial charge on any atom is -0.378 e. The van der Waals surface area contributed by atoms with Gasteiger partial charge >= 0.3 is 6.03 Å². The largest absolute Gasteiger partial charge is 0.378 e. The number of aromatic nitrogens is 1. The van der Waals surface area contributed by atoms with Gasteiger partial charge in [0.05, 0.1) is 13.2 Å². The molecule has 6 nitrogen and oxygen atoms in total. The normalized spacial score (nSPS) is 14.2. The number of carbonyl (C=O) groups excluding carboxylic acids is 1. The van der Waals surface area contributed by atoms with Crippen molar-refractivity contribution >= 4 is 22.6 Å². The van der Waals surface area contributed by atoms with Crippen LogP contribution in [-0.4, -0.2) is 55.8 Å². The standard InChI is InChI=1S/C23H28N4O2/c1-26(17-18-6-8-20(9-7-18)27-12-14-29-15-13-27)23(28)24-11-10-19-16-25-22-5-3-2-4-21(19)22/h2-9,16,25H,10-15,17H2,1H3,(H,24,28). The number of anilines is 1. The summed E-state index contributed by atoms with van der Waals surface area (Å²) in [5.74, 6) is 0. The first-order valence-electron chi connectivity index (χ1n) is 10.2. The van der Waals surface area contributed by atoms with Gasteiger partial charge in [0.25, 0.3) is 0 Å². The molecule has 0 spiro atoms. The van der Waals surface area contributed by atoms with Crippen LogP contribution in [0.25, 0.3) is 10.9 Å². The van der Waals surface area contributed by atoms with E-state index in [1.54, 1.807) is 4.90 Å². The van der Waals surface area contributed by atoms with E-state index in [-0.39, 0.29) is 6.03 Å². The number of hydrogen-bond acceptors (Lipinski definition) is 3. The molecule has 0 radical (unpaired) electrons. The molecule has 1 fully saturated rings. The molecule has 1 aliphatic heterocycles. The number of morpholine rings is 1. The van der Waals surface area contributed by atoms with Crippen LogP contribution in [0.3, 0.4) is 0 Å². The molecule has 152 valence electrons. The number of carbonyl (C=O) groups is 1. The first-order valence-corrected chi connectivity index (χ1v) is 10.2. The minimum atomic E-state index is -0.0536. The minimum absolute atomic E-state index is 0.0536. The van der Waals surface area contributed by atoms with Gasteiger partial charge in [0.15, 0.2) is 0 Å². The first-order chi connectivity index (χ1) is 14.2. The summed E-state index contributed by atoms with van der Waals surface area (Å²) in [6.45, 7) is 4.62. The molecule has 0 aliphatic carbocycles. The Morgan fingerprint density at radius 1 is 1.14 bits per heavy atom. The third-order valence-corrected chi connectivity index (χ3v) is 5.42. The number of nitrogens with zero attached hydrogens (tertiary/aromatic N) is 2. The Bertz CT molecular complexity index is 945. The summed E-state index contributed by atoms with van der Waals surface area (Å²) >= 11 is 0. The second kappa shape index (κ2) is 9.01. The quantitative estimate of drug-likeness (QED) is 0.676. The number of para-hydroxylation sites is 1. The first kappa shape index (κ1) is 19.3. The summed E-state index contributed by atoms with van der Waals surface area (Å²) in [7, 11) is 1.83. The van der Waals surface area contributed by atoms with E-state index in [0.717, 1.165) is 43.8 Å². The lowest BCUT2D eigenvalue weighted by Gasteiger charge is -2.29. The fourth-order valence-corrected chi connectivity index (χ4v) is 3.76. The third-order valence-electron chi connectivity index (χ3n) is 5.42. The van der Waals surface area contributed by atoms with Crippen LogP contribution < -0.4 is 10.2 Å². The lowest BCUT2D eigenvalue weighted by atomic mass is 10.1. The number of H-pyrrole nitrogens is 1. The number of nitrogens with one attached hydrogen (secondary N) is 2. The van der Waals surface area contributed by atoms with Gasteiger partial charge in [-0.25, -0.2) is 4.79 Å². The molecule has 1 aromatic heterocycles. The maximum Gasteiger partial charge on any atom is 0.317 e. The van der Waals surface area contributed by atoms with Crippen molar-refractivity contribution in [3.63, 3.8) is 0 Å². The van der Waals surface area contributed by atoms with Gasteiger partial charge in [-0.1, -0.05) is 30.3 Å². The van der Waals surface area contributed by atoms with Crippen LogP contribution >= 0.6 is 0 Å². The summed E-state index contributed by atoms with van der Waals surface area (Å²) in [5, 5.41) is 4.24. The van der Waals surface area contributed by atoms with Crippen molar-refractivity contribution in [1.29, 1.82) is 0 Å². The van der Waals surface area contributed by atoms with Crippen LogP contribution in [0.1, 0.15) is 11.1 Å². The van der Waals surface area contributed by atoms with Crippen LogP contribution in [0.4, 0.5) is 10.5 Å². The maximum absolute atomic E-state index is 12.4. The van der Waals surface area contributed by atoms with Crippen LogP contribution in [-0.2, 0) is 17.7 Å². The van der Waals surface area contributed by atoms with Crippen LogP contribution in [0.15, 0.2) is 54.7 Å².